The van der Waals surface area contributed by atoms with E-state index in [4.69, 9.17) is 9.84 Å². The van der Waals surface area contributed by atoms with Gasteiger partial charge >= 0.3 is 5.97 Å². The van der Waals surface area contributed by atoms with Crippen molar-refractivity contribution in [3.05, 3.63) is 0 Å². The normalized spacial score (nSPS) is 40.1. The summed E-state index contributed by atoms with van der Waals surface area (Å²) in [5, 5.41) is 8.60. The minimum atomic E-state index is -0.252. The van der Waals surface area contributed by atoms with Crippen molar-refractivity contribution >= 4 is 5.97 Å². The molecule has 0 aromatic rings. The molecule has 0 aromatic carbocycles. The molecular formula is C11H18O3. The fourth-order valence-electron chi connectivity index (χ4n) is 3.16. The maximum atomic E-state index is 11.8. The van der Waals surface area contributed by atoms with Crippen molar-refractivity contribution in [3.8, 4) is 0 Å². The summed E-state index contributed by atoms with van der Waals surface area (Å²) in [6.07, 6.45) is 4.65. The molecule has 2 saturated carbocycles. The van der Waals surface area contributed by atoms with Crippen LogP contribution >= 0.6 is 0 Å². The lowest BCUT2D eigenvalue weighted by Crippen LogP contribution is -2.35. The van der Waals surface area contributed by atoms with Gasteiger partial charge in [-0.3, -0.25) is 4.79 Å². The van der Waals surface area contributed by atoms with Crippen LogP contribution in [0.3, 0.4) is 0 Å². The summed E-state index contributed by atoms with van der Waals surface area (Å²) in [6, 6.07) is 0. The van der Waals surface area contributed by atoms with Gasteiger partial charge in [0.15, 0.2) is 0 Å². The van der Waals surface area contributed by atoms with Crippen molar-refractivity contribution in [1.82, 2.24) is 0 Å². The van der Waals surface area contributed by atoms with Gasteiger partial charge in [-0.05, 0) is 38.0 Å². The third-order valence-electron chi connectivity index (χ3n) is 3.95. The van der Waals surface area contributed by atoms with E-state index in [-0.39, 0.29) is 24.6 Å². The highest BCUT2D eigenvalue weighted by Gasteiger charge is 2.53. The monoisotopic (exact) mass is 198 g/mol. The number of hydrogen-bond donors (Lipinski definition) is 1. The molecule has 80 valence electrons. The first kappa shape index (κ1) is 9.97. The minimum absolute atomic E-state index is 0.0735. The van der Waals surface area contributed by atoms with Crippen LogP contribution in [0.4, 0.5) is 0 Å². The van der Waals surface area contributed by atoms with E-state index in [0.717, 1.165) is 12.3 Å². The molecule has 3 nitrogen and oxygen atoms in total. The predicted octanol–water partition coefficient (Wildman–Crippen LogP) is 1.35. The largest absolute Gasteiger partial charge is 0.463 e. The van der Waals surface area contributed by atoms with Crippen LogP contribution in [-0.2, 0) is 9.53 Å². The fraction of sp³-hybridized carbons (Fsp3) is 0.909. The van der Waals surface area contributed by atoms with Gasteiger partial charge in [-0.15, -0.1) is 0 Å². The molecule has 3 unspecified atom stereocenters. The van der Waals surface area contributed by atoms with Gasteiger partial charge in [0.2, 0.25) is 0 Å². The lowest BCUT2D eigenvalue weighted by atomic mass is 9.75. The van der Waals surface area contributed by atoms with Gasteiger partial charge in [0.05, 0.1) is 12.0 Å². The van der Waals surface area contributed by atoms with Crippen LogP contribution in [0, 0.1) is 17.3 Å². The molecule has 0 spiro atoms. The van der Waals surface area contributed by atoms with E-state index < -0.39 is 0 Å². The molecule has 2 bridgehead atoms. The molecule has 0 saturated heterocycles. The van der Waals surface area contributed by atoms with Gasteiger partial charge in [-0.25, -0.2) is 0 Å². The summed E-state index contributed by atoms with van der Waals surface area (Å²) in [5.74, 6) is 1.17. The van der Waals surface area contributed by atoms with E-state index in [0.29, 0.717) is 5.92 Å². The molecule has 2 aliphatic rings. The SMILES string of the molecule is CC1(C(=O)OCCO)CC2CCC1C2. The summed E-state index contributed by atoms with van der Waals surface area (Å²) in [5.41, 5.74) is -0.252. The second kappa shape index (κ2) is 3.54. The number of fused-ring (bicyclic) bond motifs is 2. The van der Waals surface area contributed by atoms with Crippen molar-refractivity contribution in [3.63, 3.8) is 0 Å². The first-order valence-electron chi connectivity index (χ1n) is 5.45. The molecule has 0 amide bonds. The Morgan fingerprint density at radius 2 is 2.36 bits per heavy atom. The molecule has 14 heavy (non-hydrogen) atoms. The van der Waals surface area contributed by atoms with Crippen molar-refractivity contribution in [2.24, 2.45) is 17.3 Å². The van der Waals surface area contributed by atoms with Gasteiger partial charge in [-0.2, -0.15) is 0 Å². The minimum Gasteiger partial charge on any atom is -0.463 e. The Balaban J connectivity index is 1.99. The number of rotatable bonds is 3. The lowest BCUT2D eigenvalue weighted by molar-refractivity contribution is -0.159. The molecule has 2 aliphatic carbocycles. The fourth-order valence-corrected chi connectivity index (χ4v) is 3.16. The Labute approximate surface area is 84.4 Å². The van der Waals surface area contributed by atoms with Gasteiger partial charge in [0, 0.05) is 0 Å². The number of carbonyl (C=O) groups excluding carboxylic acids is 1. The highest BCUT2D eigenvalue weighted by Crippen LogP contribution is 2.56. The van der Waals surface area contributed by atoms with Crippen molar-refractivity contribution in [2.75, 3.05) is 13.2 Å². The Kier molecular flexibility index (Phi) is 2.52. The van der Waals surface area contributed by atoms with Crippen LogP contribution in [0.2, 0.25) is 0 Å². The van der Waals surface area contributed by atoms with E-state index >= 15 is 0 Å². The third-order valence-corrected chi connectivity index (χ3v) is 3.95. The topological polar surface area (TPSA) is 46.5 Å². The summed E-state index contributed by atoms with van der Waals surface area (Å²) < 4.78 is 5.04. The molecule has 3 atom stereocenters. The Morgan fingerprint density at radius 1 is 1.57 bits per heavy atom. The molecule has 2 rings (SSSR count). The van der Waals surface area contributed by atoms with Crippen molar-refractivity contribution in [1.29, 1.82) is 0 Å². The summed E-state index contributed by atoms with van der Waals surface area (Å²) in [7, 11) is 0. The molecule has 0 radical (unpaired) electrons. The Hall–Kier alpha value is -0.570. The number of carbonyl (C=O) groups is 1. The number of aliphatic hydroxyl groups is 1. The smallest absolute Gasteiger partial charge is 0.312 e. The van der Waals surface area contributed by atoms with Crippen LogP contribution in [0.25, 0.3) is 0 Å². The van der Waals surface area contributed by atoms with Gasteiger partial charge in [0.25, 0.3) is 0 Å². The van der Waals surface area contributed by atoms with E-state index in [9.17, 15) is 4.79 Å². The molecule has 0 aromatic heterocycles. The molecule has 1 N–H and O–H groups in total. The van der Waals surface area contributed by atoms with Crippen molar-refractivity contribution in [2.45, 2.75) is 32.6 Å². The number of ether oxygens (including phenoxy) is 1. The molecule has 0 heterocycles. The molecule has 3 heteroatoms. The van der Waals surface area contributed by atoms with Crippen molar-refractivity contribution < 1.29 is 14.6 Å². The molecular weight excluding hydrogens is 180 g/mol. The zero-order valence-electron chi connectivity index (χ0n) is 8.66. The van der Waals surface area contributed by atoms with E-state index in [1.807, 2.05) is 6.92 Å². The zero-order chi connectivity index (χ0) is 10.2. The lowest BCUT2D eigenvalue weighted by Gasteiger charge is -2.31. The van der Waals surface area contributed by atoms with Crippen LogP contribution in [0.1, 0.15) is 32.6 Å². The molecule has 2 fully saturated rings. The predicted molar refractivity (Wildman–Crippen MR) is 51.6 cm³/mol. The average molecular weight is 198 g/mol. The van der Waals surface area contributed by atoms with Crippen LogP contribution in [0.15, 0.2) is 0 Å². The van der Waals surface area contributed by atoms with E-state index in [2.05, 4.69) is 0 Å². The Morgan fingerprint density at radius 3 is 2.86 bits per heavy atom. The number of hydrogen-bond acceptors (Lipinski definition) is 3. The first-order valence-corrected chi connectivity index (χ1v) is 5.45. The van der Waals surface area contributed by atoms with Crippen LogP contribution < -0.4 is 0 Å². The highest BCUT2D eigenvalue weighted by atomic mass is 16.5. The molecule has 0 aliphatic heterocycles. The van der Waals surface area contributed by atoms with Crippen LogP contribution in [0.5, 0.6) is 0 Å². The second-order valence-corrected chi connectivity index (χ2v) is 4.86. The van der Waals surface area contributed by atoms with E-state index in [1.165, 1.54) is 19.3 Å². The maximum Gasteiger partial charge on any atom is 0.312 e. The number of esters is 1. The standard InChI is InChI=1S/C11H18O3/c1-11(10(13)14-5-4-12)7-8-2-3-9(11)6-8/h8-9,12H,2-7H2,1H3. The van der Waals surface area contributed by atoms with Gasteiger partial charge < -0.3 is 9.84 Å². The third kappa shape index (κ3) is 1.44. The first-order chi connectivity index (χ1) is 6.66. The summed E-state index contributed by atoms with van der Waals surface area (Å²) in [6.45, 7) is 2.10. The van der Waals surface area contributed by atoms with Gasteiger partial charge in [0.1, 0.15) is 6.61 Å². The second-order valence-electron chi connectivity index (χ2n) is 4.86. The maximum absolute atomic E-state index is 11.8. The Bertz CT molecular complexity index is 239. The zero-order valence-corrected chi connectivity index (χ0v) is 8.66. The summed E-state index contributed by atoms with van der Waals surface area (Å²) in [4.78, 5) is 11.8. The van der Waals surface area contributed by atoms with Crippen LogP contribution in [-0.4, -0.2) is 24.3 Å². The summed E-state index contributed by atoms with van der Waals surface area (Å²) >= 11 is 0. The highest BCUT2D eigenvalue weighted by molar-refractivity contribution is 5.77. The quantitative estimate of drug-likeness (QED) is 0.696. The average Bonchev–Trinajstić information content (AvgIpc) is 2.73. The number of aliphatic hydroxyl groups excluding tert-OH is 1. The van der Waals surface area contributed by atoms with Gasteiger partial charge in [-0.1, -0.05) is 6.42 Å². The van der Waals surface area contributed by atoms with E-state index in [1.54, 1.807) is 0 Å².